The third-order valence-electron chi connectivity index (χ3n) is 2.72. The van der Waals surface area contributed by atoms with Crippen LogP contribution in [0.1, 0.15) is 25.7 Å². The molecular formula is C10H18N2O2. The normalized spacial score (nSPS) is 27.0. The molecule has 2 aliphatic rings. The van der Waals surface area contributed by atoms with E-state index in [0.717, 1.165) is 39.0 Å². The molecule has 1 saturated heterocycles. The zero-order valence-electron chi connectivity index (χ0n) is 8.42. The average molecular weight is 198 g/mol. The van der Waals surface area contributed by atoms with Gasteiger partial charge in [-0.3, -0.25) is 0 Å². The van der Waals surface area contributed by atoms with E-state index >= 15 is 0 Å². The standard InChI is InChI=1S/C10H18N2O2/c13-10(12-9-3-4-9)11-6-8-2-1-5-14-7-8/h8-9H,1-7H2,(H2,11,12,13). The Kier molecular flexibility index (Phi) is 3.24. The highest BCUT2D eigenvalue weighted by atomic mass is 16.5. The van der Waals surface area contributed by atoms with E-state index in [-0.39, 0.29) is 6.03 Å². The van der Waals surface area contributed by atoms with E-state index in [4.69, 9.17) is 4.74 Å². The molecule has 0 radical (unpaired) electrons. The predicted octanol–water partition coefficient (Wildman–Crippen LogP) is 0.875. The summed E-state index contributed by atoms with van der Waals surface area (Å²) in [6.45, 7) is 2.42. The molecule has 1 unspecified atom stereocenters. The second-order valence-electron chi connectivity index (χ2n) is 4.21. The summed E-state index contributed by atoms with van der Waals surface area (Å²) in [5.41, 5.74) is 0. The molecular weight excluding hydrogens is 180 g/mol. The summed E-state index contributed by atoms with van der Waals surface area (Å²) >= 11 is 0. The van der Waals surface area contributed by atoms with Gasteiger partial charge in [-0.25, -0.2) is 4.79 Å². The fourth-order valence-corrected chi connectivity index (χ4v) is 1.67. The molecule has 2 amide bonds. The molecule has 0 aromatic carbocycles. The smallest absolute Gasteiger partial charge is 0.315 e. The highest BCUT2D eigenvalue weighted by molar-refractivity contribution is 5.74. The molecule has 1 aliphatic carbocycles. The first-order valence-electron chi connectivity index (χ1n) is 5.46. The largest absolute Gasteiger partial charge is 0.381 e. The minimum Gasteiger partial charge on any atom is -0.381 e. The summed E-state index contributed by atoms with van der Waals surface area (Å²) < 4.78 is 5.34. The first-order chi connectivity index (χ1) is 6.84. The van der Waals surface area contributed by atoms with Gasteiger partial charge < -0.3 is 15.4 Å². The highest BCUT2D eigenvalue weighted by Crippen LogP contribution is 2.18. The van der Waals surface area contributed by atoms with Crippen LogP contribution in [0.3, 0.4) is 0 Å². The number of amides is 2. The van der Waals surface area contributed by atoms with Crippen molar-refractivity contribution in [1.82, 2.24) is 10.6 Å². The van der Waals surface area contributed by atoms with Gasteiger partial charge >= 0.3 is 6.03 Å². The van der Waals surface area contributed by atoms with Crippen LogP contribution in [0.15, 0.2) is 0 Å². The van der Waals surface area contributed by atoms with Gasteiger partial charge in [-0.15, -0.1) is 0 Å². The van der Waals surface area contributed by atoms with E-state index in [1.165, 1.54) is 6.42 Å². The van der Waals surface area contributed by atoms with Crippen LogP contribution in [-0.2, 0) is 4.74 Å². The van der Waals surface area contributed by atoms with Crippen LogP contribution in [0.25, 0.3) is 0 Å². The number of rotatable bonds is 3. The molecule has 0 aromatic heterocycles. The van der Waals surface area contributed by atoms with Crippen LogP contribution in [0.4, 0.5) is 4.79 Å². The summed E-state index contributed by atoms with van der Waals surface area (Å²) in [7, 11) is 0. The zero-order valence-corrected chi connectivity index (χ0v) is 8.42. The Morgan fingerprint density at radius 3 is 2.86 bits per heavy atom. The van der Waals surface area contributed by atoms with Crippen molar-refractivity contribution in [2.75, 3.05) is 19.8 Å². The minimum absolute atomic E-state index is 0.0157. The zero-order chi connectivity index (χ0) is 9.80. The van der Waals surface area contributed by atoms with Gasteiger partial charge in [-0.2, -0.15) is 0 Å². The van der Waals surface area contributed by atoms with Crippen molar-refractivity contribution in [3.8, 4) is 0 Å². The minimum atomic E-state index is -0.0157. The molecule has 80 valence electrons. The van der Waals surface area contributed by atoms with Gasteiger partial charge in [-0.05, 0) is 31.6 Å². The third-order valence-corrected chi connectivity index (χ3v) is 2.72. The summed E-state index contributed by atoms with van der Waals surface area (Å²) in [6.07, 6.45) is 4.57. The predicted molar refractivity (Wildman–Crippen MR) is 53.1 cm³/mol. The van der Waals surface area contributed by atoms with E-state index in [1.54, 1.807) is 0 Å². The Labute approximate surface area is 84.4 Å². The SMILES string of the molecule is O=C(NCC1CCCOC1)NC1CC1. The average Bonchev–Trinajstić information content (AvgIpc) is 3.00. The quantitative estimate of drug-likeness (QED) is 0.707. The van der Waals surface area contributed by atoms with Crippen molar-refractivity contribution in [2.24, 2.45) is 5.92 Å². The number of carbonyl (C=O) groups excluding carboxylic acids is 1. The van der Waals surface area contributed by atoms with Crippen LogP contribution in [0.2, 0.25) is 0 Å². The second-order valence-corrected chi connectivity index (χ2v) is 4.21. The van der Waals surface area contributed by atoms with Gasteiger partial charge in [0.2, 0.25) is 0 Å². The van der Waals surface area contributed by atoms with Crippen LogP contribution in [0, 0.1) is 5.92 Å². The highest BCUT2D eigenvalue weighted by Gasteiger charge is 2.23. The molecule has 14 heavy (non-hydrogen) atoms. The molecule has 1 heterocycles. The number of carbonyl (C=O) groups is 1. The first-order valence-corrected chi connectivity index (χ1v) is 5.46. The van der Waals surface area contributed by atoms with Gasteiger partial charge in [-0.1, -0.05) is 0 Å². The Hall–Kier alpha value is -0.770. The number of urea groups is 1. The fraction of sp³-hybridized carbons (Fsp3) is 0.900. The van der Waals surface area contributed by atoms with Crippen molar-refractivity contribution < 1.29 is 9.53 Å². The van der Waals surface area contributed by atoms with E-state index < -0.39 is 0 Å². The van der Waals surface area contributed by atoms with Crippen LogP contribution in [-0.4, -0.2) is 31.8 Å². The lowest BCUT2D eigenvalue weighted by Crippen LogP contribution is -2.40. The molecule has 0 spiro atoms. The van der Waals surface area contributed by atoms with Gasteiger partial charge in [0.15, 0.2) is 0 Å². The fourth-order valence-electron chi connectivity index (χ4n) is 1.67. The van der Waals surface area contributed by atoms with Crippen LogP contribution >= 0.6 is 0 Å². The van der Waals surface area contributed by atoms with Crippen molar-refractivity contribution in [3.63, 3.8) is 0 Å². The second kappa shape index (κ2) is 4.64. The Bertz CT molecular complexity index is 198. The Morgan fingerprint density at radius 2 is 2.21 bits per heavy atom. The summed E-state index contributed by atoms with van der Waals surface area (Å²) in [5, 5.41) is 5.80. The van der Waals surface area contributed by atoms with E-state index in [2.05, 4.69) is 10.6 Å². The molecule has 1 saturated carbocycles. The summed E-state index contributed by atoms with van der Waals surface area (Å²) in [4.78, 5) is 11.3. The number of ether oxygens (including phenoxy) is 1. The number of nitrogens with one attached hydrogen (secondary N) is 2. The van der Waals surface area contributed by atoms with Gasteiger partial charge in [0.25, 0.3) is 0 Å². The van der Waals surface area contributed by atoms with Crippen molar-refractivity contribution in [1.29, 1.82) is 0 Å². The lowest BCUT2D eigenvalue weighted by molar-refractivity contribution is 0.0557. The van der Waals surface area contributed by atoms with Crippen molar-refractivity contribution >= 4 is 6.03 Å². The molecule has 2 fully saturated rings. The van der Waals surface area contributed by atoms with Gasteiger partial charge in [0.05, 0.1) is 6.61 Å². The molecule has 0 aromatic rings. The Balaban J connectivity index is 1.57. The van der Waals surface area contributed by atoms with Crippen molar-refractivity contribution in [3.05, 3.63) is 0 Å². The molecule has 2 N–H and O–H groups in total. The van der Waals surface area contributed by atoms with Gasteiger partial charge in [0, 0.05) is 19.2 Å². The third kappa shape index (κ3) is 3.18. The molecule has 4 nitrogen and oxygen atoms in total. The monoisotopic (exact) mass is 198 g/mol. The molecule has 1 atom stereocenters. The Morgan fingerprint density at radius 1 is 1.36 bits per heavy atom. The maximum Gasteiger partial charge on any atom is 0.315 e. The lowest BCUT2D eigenvalue weighted by Gasteiger charge is -2.22. The van der Waals surface area contributed by atoms with E-state index in [1.807, 2.05) is 0 Å². The summed E-state index contributed by atoms with van der Waals surface area (Å²) in [5.74, 6) is 0.508. The van der Waals surface area contributed by atoms with E-state index in [0.29, 0.717) is 12.0 Å². The van der Waals surface area contributed by atoms with E-state index in [9.17, 15) is 4.79 Å². The maximum absolute atomic E-state index is 11.3. The molecule has 1 aliphatic heterocycles. The van der Waals surface area contributed by atoms with Crippen LogP contribution in [0.5, 0.6) is 0 Å². The van der Waals surface area contributed by atoms with Crippen molar-refractivity contribution in [2.45, 2.75) is 31.7 Å². The van der Waals surface area contributed by atoms with Crippen LogP contribution < -0.4 is 10.6 Å². The number of hydrogen-bond donors (Lipinski definition) is 2. The molecule has 0 bridgehead atoms. The summed E-state index contributed by atoms with van der Waals surface area (Å²) in [6, 6.07) is 0.427. The van der Waals surface area contributed by atoms with Gasteiger partial charge in [0.1, 0.15) is 0 Å². The lowest BCUT2D eigenvalue weighted by atomic mass is 10.0. The topological polar surface area (TPSA) is 50.4 Å². The maximum atomic E-state index is 11.3. The molecule has 4 heteroatoms. The molecule has 2 rings (SSSR count). The first kappa shape index (κ1) is 9.77. The number of hydrogen-bond acceptors (Lipinski definition) is 2.